The molecule has 0 aromatic carbocycles. The number of pyridine rings is 1. The van der Waals surface area contributed by atoms with E-state index in [4.69, 9.17) is 4.52 Å². The van der Waals surface area contributed by atoms with Gasteiger partial charge in [0, 0.05) is 18.0 Å². The van der Waals surface area contributed by atoms with E-state index in [2.05, 4.69) is 20.4 Å². The molecule has 0 spiro atoms. The van der Waals surface area contributed by atoms with E-state index < -0.39 is 0 Å². The van der Waals surface area contributed by atoms with Gasteiger partial charge in [0.05, 0.1) is 6.54 Å². The van der Waals surface area contributed by atoms with E-state index in [1.54, 1.807) is 12.4 Å². The summed E-state index contributed by atoms with van der Waals surface area (Å²) < 4.78 is 5.08. The van der Waals surface area contributed by atoms with Crippen LogP contribution in [0.1, 0.15) is 12.8 Å². The summed E-state index contributed by atoms with van der Waals surface area (Å²) in [5.74, 6) is 1.20. The molecule has 1 N–H and O–H groups in total. The highest BCUT2D eigenvalue weighted by molar-refractivity contribution is 5.52. The van der Waals surface area contributed by atoms with E-state index in [-0.39, 0.29) is 0 Å². The van der Waals surface area contributed by atoms with Crippen LogP contribution in [0.5, 0.6) is 0 Å². The average Bonchev–Trinajstić information content (AvgIpc) is 2.76. The lowest BCUT2D eigenvalue weighted by Crippen LogP contribution is -2.11. The van der Waals surface area contributed by atoms with Crippen LogP contribution in [-0.4, -0.2) is 21.7 Å². The fourth-order valence-electron chi connectivity index (χ4n) is 1.18. The minimum Gasteiger partial charge on any atom is -0.338 e. The predicted octanol–water partition coefficient (Wildman–Crippen LogP) is 1.24. The first kappa shape index (κ1) is 9.79. The van der Waals surface area contributed by atoms with Crippen molar-refractivity contribution in [2.24, 2.45) is 0 Å². The van der Waals surface area contributed by atoms with Crippen molar-refractivity contribution >= 4 is 0 Å². The van der Waals surface area contributed by atoms with Gasteiger partial charge in [-0.05, 0) is 18.7 Å². The molecule has 2 rings (SSSR count). The standard InChI is InChI=1S/C10H12N4O/c1-2-11-7-9-13-10(14-15-9)8-3-5-12-6-4-8/h3-6,11H,2,7H2,1H3. The van der Waals surface area contributed by atoms with Crippen molar-refractivity contribution < 1.29 is 4.52 Å². The predicted molar refractivity (Wildman–Crippen MR) is 54.9 cm³/mol. The Labute approximate surface area is 87.5 Å². The maximum atomic E-state index is 5.08. The van der Waals surface area contributed by atoms with Gasteiger partial charge in [0.15, 0.2) is 0 Å². The molecule has 2 aromatic heterocycles. The quantitative estimate of drug-likeness (QED) is 0.811. The lowest BCUT2D eigenvalue weighted by Gasteiger charge is -1.92. The molecule has 0 aliphatic heterocycles. The van der Waals surface area contributed by atoms with Gasteiger partial charge in [-0.3, -0.25) is 4.98 Å². The number of rotatable bonds is 4. The van der Waals surface area contributed by atoms with Crippen LogP contribution in [0.4, 0.5) is 0 Å². The van der Waals surface area contributed by atoms with Crippen LogP contribution in [-0.2, 0) is 6.54 Å². The van der Waals surface area contributed by atoms with E-state index in [9.17, 15) is 0 Å². The van der Waals surface area contributed by atoms with Crippen molar-refractivity contribution in [3.05, 3.63) is 30.4 Å². The third-order valence-corrected chi connectivity index (χ3v) is 1.93. The number of aromatic nitrogens is 3. The fourth-order valence-corrected chi connectivity index (χ4v) is 1.18. The summed E-state index contributed by atoms with van der Waals surface area (Å²) in [7, 11) is 0. The highest BCUT2D eigenvalue weighted by Gasteiger charge is 2.06. The zero-order valence-corrected chi connectivity index (χ0v) is 8.47. The van der Waals surface area contributed by atoms with E-state index in [0.717, 1.165) is 12.1 Å². The monoisotopic (exact) mass is 204 g/mol. The molecule has 5 heteroatoms. The third kappa shape index (κ3) is 2.38. The first-order valence-corrected chi connectivity index (χ1v) is 4.84. The molecule has 0 unspecified atom stereocenters. The highest BCUT2D eigenvalue weighted by Crippen LogP contribution is 2.13. The lowest BCUT2D eigenvalue weighted by molar-refractivity contribution is 0.369. The molecular weight excluding hydrogens is 192 g/mol. The second-order valence-electron chi connectivity index (χ2n) is 3.03. The molecule has 78 valence electrons. The molecule has 0 aliphatic rings. The van der Waals surface area contributed by atoms with E-state index in [1.165, 1.54) is 0 Å². The molecule has 5 nitrogen and oxygen atoms in total. The number of hydrogen-bond acceptors (Lipinski definition) is 5. The molecule has 2 aromatic rings. The summed E-state index contributed by atoms with van der Waals surface area (Å²) in [5.41, 5.74) is 0.913. The van der Waals surface area contributed by atoms with Crippen molar-refractivity contribution in [3.8, 4) is 11.4 Å². The average molecular weight is 204 g/mol. The second kappa shape index (κ2) is 4.65. The normalized spacial score (nSPS) is 10.5. The molecule has 0 aliphatic carbocycles. The second-order valence-corrected chi connectivity index (χ2v) is 3.03. The van der Waals surface area contributed by atoms with Crippen molar-refractivity contribution in [1.29, 1.82) is 0 Å². The van der Waals surface area contributed by atoms with Crippen molar-refractivity contribution in [3.63, 3.8) is 0 Å². The Kier molecular flexibility index (Phi) is 3.04. The molecule has 15 heavy (non-hydrogen) atoms. The lowest BCUT2D eigenvalue weighted by atomic mass is 10.2. The molecule has 0 bridgehead atoms. The third-order valence-electron chi connectivity index (χ3n) is 1.93. The van der Waals surface area contributed by atoms with Gasteiger partial charge in [0.1, 0.15) is 0 Å². The summed E-state index contributed by atoms with van der Waals surface area (Å²) in [4.78, 5) is 8.18. The van der Waals surface area contributed by atoms with Gasteiger partial charge in [-0.25, -0.2) is 0 Å². The van der Waals surface area contributed by atoms with Crippen LogP contribution in [0, 0.1) is 0 Å². The van der Waals surface area contributed by atoms with Crippen molar-refractivity contribution in [1.82, 2.24) is 20.4 Å². The minimum absolute atomic E-state index is 0.601. The van der Waals surface area contributed by atoms with E-state index >= 15 is 0 Å². The molecule has 0 saturated carbocycles. The zero-order chi connectivity index (χ0) is 10.5. The van der Waals surface area contributed by atoms with Crippen LogP contribution in [0.15, 0.2) is 29.0 Å². The molecule has 2 heterocycles. The summed E-state index contributed by atoms with van der Waals surface area (Å²) in [6, 6.07) is 3.70. The van der Waals surface area contributed by atoms with Crippen molar-refractivity contribution in [2.45, 2.75) is 13.5 Å². The zero-order valence-electron chi connectivity index (χ0n) is 8.47. The fraction of sp³-hybridized carbons (Fsp3) is 0.300. The molecule has 0 saturated heterocycles. The number of hydrogen-bond donors (Lipinski definition) is 1. The number of nitrogens with one attached hydrogen (secondary N) is 1. The summed E-state index contributed by atoms with van der Waals surface area (Å²) in [5, 5.41) is 7.01. The van der Waals surface area contributed by atoms with Gasteiger partial charge in [0.2, 0.25) is 11.7 Å². The van der Waals surface area contributed by atoms with Gasteiger partial charge in [-0.15, -0.1) is 0 Å². The SMILES string of the molecule is CCNCc1nc(-c2ccncc2)no1. The minimum atomic E-state index is 0.601. The molecule has 0 radical (unpaired) electrons. The van der Waals surface area contributed by atoms with Gasteiger partial charge >= 0.3 is 0 Å². The molecular formula is C10H12N4O. The van der Waals surface area contributed by atoms with Gasteiger partial charge in [-0.1, -0.05) is 12.1 Å². The maximum Gasteiger partial charge on any atom is 0.240 e. The Hall–Kier alpha value is -1.75. The van der Waals surface area contributed by atoms with Crippen LogP contribution in [0.2, 0.25) is 0 Å². The Bertz CT molecular complexity index is 412. The van der Waals surface area contributed by atoms with Crippen molar-refractivity contribution in [2.75, 3.05) is 6.54 Å². The van der Waals surface area contributed by atoms with Gasteiger partial charge in [0.25, 0.3) is 0 Å². The number of nitrogens with zero attached hydrogens (tertiary/aromatic N) is 3. The first-order valence-electron chi connectivity index (χ1n) is 4.84. The van der Waals surface area contributed by atoms with Crippen LogP contribution < -0.4 is 5.32 Å². The molecule has 0 atom stereocenters. The van der Waals surface area contributed by atoms with E-state index in [0.29, 0.717) is 18.3 Å². The van der Waals surface area contributed by atoms with Gasteiger partial charge < -0.3 is 9.84 Å². The van der Waals surface area contributed by atoms with Crippen LogP contribution >= 0.6 is 0 Å². The smallest absolute Gasteiger partial charge is 0.240 e. The summed E-state index contributed by atoms with van der Waals surface area (Å²) >= 11 is 0. The van der Waals surface area contributed by atoms with Gasteiger partial charge in [-0.2, -0.15) is 4.98 Å². The maximum absolute atomic E-state index is 5.08. The van der Waals surface area contributed by atoms with Crippen LogP contribution in [0.25, 0.3) is 11.4 Å². The first-order chi connectivity index (χ1) is 7.40. The summed E-state index contributed by atoms with van der Waals surface area (Å²) in [6.07, 6.45) is 3.41. The Morgan fingerprint density at radius 2 is 2.13 bits per heavy atom. The molecule has 0 amide bonds. The summed E-state index contributed by atoms with van der Waals surface area (Å²) in [6.45, 7) is 3.52. The highest BCUT2D eigenvalue weighted by atomic mass is 16.5. The Morgan fingerprint density at radius 3 is 2.87 bits per heavy atom. The Morgan fingerprint density at radius 1 is 1.33 bits per heavy atom. The largest absolute Gasteiger partial charge is 0.338 e. The topological polar surface area (TPSA) is 63.8 Å². The molecule has 0 fully saturated rings. The van der Waals surface area contributed by atoms with E-state index in [1.807, 2.05) is 19.1 Å². The Balaban J connectivity index is 2.14. The van der Waals surface area contributed by atoms with Crippen LogP contribution in [0.3, 0.4) is 0 Å².